The molecule has 0 spiro atoms. The predicted octanol–water partition coefficient (Wildman–Crippen LogP) is 6.73. The van der Waals surface area contributed by atoms with Gasteiger partial charge in [-0.05, 0) is 29.7 Å². The fourth-order valence-corrected chi connectivity index (χ4v) is 3.65. The van der Waals surface area contributed by atoms with E-state index in [2.05, 4.69) is 18.8 Å². The average molecular weight is 482 g/mol. The second-order valence-electron chi connectivity index (χ2n) is 8.53. The highest BCUT2D eigenvalue weighted by molar-refractivity contribution is 5.82. The molecular weight excluding hydrogens is 442 g/mol. The first-order valence-corrected chi connectivity index (χ1v) is 12.6. The summed E-state index contributed by atoms with van der Waals surface area (Å²) in [6.07, 6.45) is 10.8. The lowest BCUT2D eigenvalue weighted by atomic mass is 10.1. The van der Waals surface area contributed by atoms with Crippen LogP contribution >= 0.6 is 0 Å². The molecule has 0 aromatic heterocycles. The van der Waals surface area contributed by atoms with E-state index in [1.165, 1.54) is 44.9 Å². The Morgan fingerprint density at radius 3 is 2.20 bits per heavy atom. The number of benzene rings is 2. The molecule has 0 saturated carbocycles. The van der Waals surface area contributed by atoms with Crippen molar-refractivity contribution in [3.05, 3.63) is 78.6 Å². The van der Waals surface area contributed by atoms with E-state index in [4.69, 9.17) is 14.2 Å². The molecule has 0 saturated heterocycles. The van der Waals surface area contributed by atoms with Gasteiger partial charge in [0.15, 0.2) is 0 Å². The second-order valence-corrected chi connectivity index (χ2v) is 8.53. The van der Waals surface area contributed by atoms with Crippen molar-refractivity contribution in [1.29, 1.82) is 0 Å². The fraction of sp³-hybridized carbons (Fsp3) is 0.448. The zero-order valence-corrected chi connectivity index (χ0v) is 20.9. The largest absolute Gasteiger partial charge is 0.494 e. The van der Waals surface area contributed by atoms with E-state index in [0.717, 1.165) is 29.6 Å². The summed E-state index contributed by atoms with van der Waals surface area (Å²) >= 11 is 0. The first-order chi connectivity index (χ1) is 17.1. The highest BCUT2D eigenvalue weighted by atomic mass is 16.6. The second kappa shape index (κ2) is 17.2. The van der Waals surface area contributed by atoms with Gasteiger partial charge in [-0.15, -0.1) is 0 Å². The van der Waals surface area contributed by atoms with Crippen LogP contribution in [0.1, 0.15) is 69.4 Å². The first kappa shape index (κ1) is 28.0. The molecule has 0 radical (unpaired) electrons. The molecule has 0 aliphatic heterocycles. The Morgan fingerprint density at radius 1 is 0.886 bits per heavy atom. The predicted molar refractivity (Wildman–Crippen MR) is 138 cm³/mol. The van der Waals surface area contributed by atoms with Gasteiger partial charge in [0, 0.05) is 6.42 Å². The van der Waals surface area contributed by atoms with E-state index in [-0.39, 0.29) is 13.0 Å². The normalized spacial score (nSPS) is 11.3. The maximum absolute atomic E-state index is 12.3. The lowest BCUT2D eigenvalue weighted by Crippen LogP contribution is -2.43. The van der Waals surface area contributed by atoms with Gasteiger partial charge in [0.2, 0.25) is 0 Å². The Balaban J connectivity index is 1.69. The zero-order valence-electron chi connectivity index (χ0n) is 20.9. The Morgan fingerprint density at radius 2 is 1.54 bits per heavy atom. The van der Waals surface area contributed by atoms with Crippen LogP contribution in [0.5, 0.6) is 5.75 Å². The molecule has 2 rings (SSSR count). The van der Waals surface area contributed by atoms with Gasteiger partial charge in [0.25, 0.3) is 0 Å². The molecule has 2 aromatic rings. The number of unbranched alkanes of at least 4 members (excludes halogenated alkanes) is 7. The van der Waals surface area contributed by atoms with E-state index in [9.17, 15) is 9.59 Å². The smallest absolute Gasteiger partial charge is 0.408 e. The van der Waals surface area contributed by atoms with Gasteiger partial charge in [0.1, 0.15) is 18.4 Å². The van der Waals surface area contributed by atoms with Crippen molar-refractivity contribution in [2.24, 2.45) is 0 Å². The van der Waals surface area contributed by atoms with Crippen LogP contribution < -0.4 is 10.1 Å². The average Bonchev–Trinajstić information content (AvgIpc) is 2.87. The summed E-state index contributed by atoms with van der Waals surface area (Å²) < 4.78 is 16.0. The maximum Gasteiger partial charge on any atom is 0.408 e. The molecule has 1 atom stereocenters. The van der Waals surface area contributed by atoms with Crippen LogP contribution in [0.4, 0.5) is 4.79 Å². The van der Waals surface area contributed by atoms with Crippen molar-refractivity contribution in [2.45, 2.75) is 77.4 Å². The minimum absolute atomic E-state index is 0.0821. The molecule has 1 amide bonds. The van der Waals surface area contributed by atoms with E-state index in [0.29, 0.717) is 6.61 Å². The summed E-state index contributed by atoms with van der Waals surface area (Å²) in [6, 6.07) is 16.0. The van der Waals surface area contributed by atoms with Crippen LogP contribution in [-0.4, -0.2) is 24.7 Å². The molecule has 0 aliphatic rings. The van der Waals surface area contributed by atoms with E-state index < -0.39 is 18.1 Å². The molecule has 0 heterocycles. The highest BCUT2D eigenvalue weighted by Gasteiger charge is 2.23. The zero-order chi connectivity index (χ0) is 25.1. The third-order valence-electron chi connectivity index (χ3n) is 5.62. The molecule has 6 heteroatoms. The lowest BCUT2D eigenvalue weighted by Gasteiger charge is -2.16. The highest BCUT2D eigenvalue weighted by Crippen LogP contribution is 2.15. The minimum Gasteiger partial charge on any atom is -0.494 e. The molecule has 0 fully saturated rings. The van der Waals surface area contributed by atoms with Gasteiger partial charge in [-0.25, -0.2) is 9.59 Å². The molecule has 2 aromatic carbocycles. The number of alkyl carbamates (subject to hydrolysis) is 1. The van der Waals surface area contributed by atoms with E-state index >= 15 is 0 Å². The van der Waals surface area contributed by atoms with Crippen molar-refractivity contribution in [3.63, 3.8) is 0 Å². The third kappa shape index (κ3) is 12.1. The summed E-state index contributed by atoms with van der Waals surface area (Å²) in [4.78, 5) is 24.5. The van der Waals surface area contributed by atoms with Gasteiger partial charge >= 0.3 is 12.1 Å². The summed E-state index contributed by atoms with van der Waals surface area (Å²) in [7, 11) is 0. The number of nitrogens with one attached hydrogen (secondary N) is 1. The lowest BCUT2D eigenvalue weighted by molar-refractivity contribution is -0.140. The first-order valence-electron chi connectivity index (χ1n) is 12.6. The SMILES string of the molecule is C=COC(=O)C(Cc1ccccc1)NC(=O)OCc1ccc(OCCCCCCCCCC)cc1. The number of amides is 1. The summed E-state index contributed by atoms with van der Waals surface area (Å²) in [5.74, 6) is 0.204. The van der Waals surface area contributed by atoms with Gasteiger partial charge in [-0.3, -0.25) is 0 Å². The molecule has 0 bridgehead atoms. The molecule has 1 unspecified atom stereocenters. The number of rotatable bonds is 17. The molecule has 0 aliphatic carbocycles. The molecule has 190 valence electrons. The van der Waals surface area contributed by atoms with Crippen LogP contribution in [0, 0.1) is 0 Å². The van der Waals surface area contributed by atoms with Gasteiger partial charge in [-0.1, -0.05) is 101 Å². The topological polar surface area (TPSA) is 73.9 Å². The van der Waals surface area contributed by atoms with Crippen LogP contribution in [-0.2, 0) is 27.3 Å². The van der Waals surface area contributed by atoms with E-state index in [1.54, 1.807) is 0 Å². The minimum atomic E-state index is -0.880. The molecule has 1 N–H and O–H groups in total. The standard InChI is InChI=1S/C29H39NO5/c1-3-5-6-7-8-9-10-14-21-34-26-19-17-25(18-20-26)23-35-29(32)30-27(28(31)33-4-2)22-24-15-12-11-13-16-24/h4,11-13,15-20,27H,2-3,5-10,14,21-23H2,1H3,(H,30,32). The molecular formula is C29H39NO5. The number of carbonyl (C=O) groups excluding carboxylic acids is 2. The number of esters is 1. The van der Waals surface area contributed by atoms with Gasteiger partial charge < -0.3 is 19.5 Å². The number of hydrogen-bond acceptors (Lipinski definition) is 5. The van der Waals surface area contributed by atoms with Gasteiger partial charge in [0.05, 0.1) is 12.9 Å². The van der Waals surface area contributed by atoms with Crippen molar-refractivity contribution in [1.82, 2.24) is 5.32 Å². The van der Waals surface area contributed by atoms with Crippen molar-refractivity contribution >= 4 is 12.1 Å². The summed E-state index contributed by atoms with van der Waals surface area (Å²) in [5, 5.41) is 2.58. The van der Waals surface area contributed by atoms with Crippen LogP contribution in [0.3, 0.4) is 0 Å². The maximum atomic E-state index is 12.3. The number of hydrogen-bond donors (Lipinski definition) is 1. The molecule has 35 heavy (non-hydrogen) atoms. The van der Waals surface area contributed by atoms with E-state index in [1.807, 2.05) is 54.6 Å². The van der Waals surface area contributed by atoms with Crippen molar-refractivity contribution in [3.8, 4) is 5.75 Å². The Hall–Kier alpha value is -3.28. The number of ether oxygens (including phenoxy) is 3. The third-order valence-corrected chi connectivity index (χ3v) is 5.62. The Kier molecular flexibility index (Phi) is 13.7. The quantitative estimate of drug-likeness (QED) is 0.154. The Labute approximate surface area is 209 Å². The van der Waals surface area contributed by atoms with Crippen LogP contribution in [0.2, 0.25) is 0 Å². The monoisotopic (exact) mass is 481 g/mol. The fourth-order valence-electron chi connectivity index (χ4n) is 3.65. The van der Waals surface area contributed by atoms with Crippen LogP contribution in [0.15, 0.2) is 67.4 Å². The summed E-state index contributed by atoms with van der Waals surface area (Å²) in [5.41, 5.74) is 1.72. The van der Waals surface area contributed by atoms with Crippen molar-refractivity contribution < 1.29 is 23.8 Å². The number of carbonyl (C=O) groups is 2. The summed E-state index contributed by atoms with van der Waals surface area (Å²) in [6.45, 7) is 6.42. The molecule has 6 nitrogen and oxygen atoms in total. The van der Waals surface area contributed by atoms with Gasteiger partial charge in [-0.2, -0.15) is 0 Å². The van der Waals surface area contributed by atoms with Crippen molar-refractivity contribution in [2.75, 3.05) is 6.61 Å². The Bertz CT molecular complexity index is 866. The van der Waals surface area contributed by atoms with Crippen LogP contribution in [0.25, 0.3) is 0 Å².